The van der Waals surface area contributed by atoms with Crippen molar-refractivity contribution >= 4 is 16.0 Å². The normalized spacial score (nSPS) is 23.5. The predicted octanol–water partition coefficient (Wildman–Crippen LogP) is 0.784. The van der Waals surface area contributed by atoms with Crippen molar-refractivity contribution in [1.29, 1.82) is 0 Å². The Balaban J connectivity index is 1.75. The summed E-state index contributed by atoms with van der Waals surface area (Å²) in [5.74, 6) is 1.03. The van der Waals surface area contributed by atoms with E-state index in [2.05, 4.69) is 15.6 Å². The molecule has 0 spiro atoms. The van der Waals surface area contributed by atoms with Crippen LogP contribution in [0.15, 0.2) is 4.99 Å². The molecule has 2 N–H and O–H groups in total. The first-order valence-electron chi connectivity index (χ1n) is 8.93. The highest BCUT2D eigenvalue weighted by atomic mass is 32.2. The van der Waals surface area contributed by atoms with Crippen molar-refractivity contribution in [3.63, 3.8) is 0 Å². The van der Waals surface area contributed by atoms with E-state index in [-0.39, 0.29) is 5.75 Å². The van der Waals surface area contributed by atoms with Gasteiger partial charge in [0.15, 0.2) is 5.96 Å². The number of methoxy groups -OCH3 is 1. The van der Waals surface area contributed by atoms with Gasteiger partial charge in [0.25, 0.3) is 0 Å². The number of nitrogens with zero attached hydrogens (tertiary/aromatic N) is 2. The van der Waals surface area contributed by atoms with Gasteiger partial charge in [0.2, 0.25) is 10.0 Å². The standard InChI is InChI=1S/C16H32N4O3S/c1-17-15(18-9-11-20-10-5-13-24(20,21)22)19-14-16(8-12-23-2)6-3-4-7-16/h3-14H2,1-2H3,(H2,17,18,19). The fourth-order valence-corrected chi connectivity index (χ4v) is 5.22. The highest BCUT2D eigenvalue weighted by Crippen LogP contribution is 2.40. The second-order valence-corrected chi connectivity index (χ2v) is 8.96. The van der Waals surface area contributed by atoms with E-state index in [1.807, 2.05) is 0 Å². The van der Waals surface area contributed by atoms with Gasteiger partial charge in [0, 0.05) is 46.9 Å². The van der Waals surface area contributed by atoms with Crippen LogP contribution >= 0.6 is 0 Å². The summed E-state index contributed by atoms with van der Waals surface area (Å²) < 4.78 is 30.4. The second kappa shape index (κ2) is 9.01. The van der Waals surface area contributed by atoms with E-state index in [1.54, 1.807) is 18.5 Å². The number of ether oxygens (including phenoxy) is 1. The topological polar surface area (TPSA) is 83.0 Å². The van der Waals surface area contributed by atoms with Crippen molar-refractivity contribution in [2.24, 2.45) is 10.4 Å². The van der Waals surface area contributed by atoms with E-state index in [0.717, 1.165) is 32.0 Å². The fourth-order valence-electron chi connectivity index (χ4n) is 3.69. The summed E-state index contributed by atoms with van der Waals surface area (Å²) in [6.45, 7) is 3.39. The number of hydrogen-bond acceptors (Lipinski definition) is 4. The van der Waals surface area contributed by atoms with Crippen molar-refractivity contribution in [3.8, 4) is 0 Å². The molecular formula is C16H32N4O3S. The van der Waals surface area contributed by atoms with Crippen LogP contribution in [0, 0.1) is 5.41 Å². The van der Waals surface area contributed by atoms with Gasteiger partial charge in [-0.1, -0.05) is 12.8 Å². The molecule has 1 aliphatic heterocycles. The van der Waals surface area contributed by atoms with Crippen molar-refractivity contribution in [3.05, 3.63) is 0 Å². The van der Waals surface area contributed by atoms with Crippen LogP contribution in [0.3, 0.4) is 0 Å². The summed E-state index contributed by atoms with van der Waals surface area (Å²) in [6.07, 6.45) is 6.82. The molecule has 2 fully saturated rings. The summed E-state index contributed by atoms with van der Waals surface area (Å²) in [6, 6.07) is 0. The highest BCUT2D eigenvalue weighted by molar-refractivity contribution is 7.89. The number of sulfonamides is 1. The molecule has 7 nitrogen and oxygen atoms in total. The zero-order chi connectivity index (χ0) is 17.5. The number of rotatable bonds is 8. The van der Waals surface area contributed by atoms with Gasteiger partial charge < -0.3 is 15.4 Å². The van der Waals surface area contributed by atoms with Crippen LogP contribution in [0.5, 0.6) is 0 Å². The molecule has 2 aliphatic rings. The molecule has 1 heterocycles. The molecule has 0 unspecified atom stereocenters. The number of guanidine groups is 1. The minimum atomic E-state index is -3.02. The summed E-state index contributed by atoms with van der Waals surface area (Å²) in [5, 5.41) is 6.66. The zero-order valence-electron chi connectivity index (χ0n) is 15.0. The Kier molecular flexibility index (Phi) is 7.31. The first-order valence-corrected chi connectivity index (χ1v) is 10.5. The first-order chi connectivity index (χ1) is 11.5. The zero-order valence-corrected chi connectivity index (χ0v) is 15.8. The van der Waals surface area contributed by atoms with Crippen LogP contribution in [-0.2, 0) is 14.8 Å². The first kappa shape index (κ1) is 19.5. The Morgan fingerprint density at radius 1 is 1.25 bits per heavy atom. The largest absolute Gasteiger partial charge is 0.385 e. The Bertz CT molecular complexity index is 515. The van der Waals surface area contributed by atoms with Gasteiger partial charge in [-0.2, -0.15) is 0 Å². The van der Waals surface area contributed by atoms with Crippen LogP contribution in [0.2, 0.25) is 0 Å². The smallest absolute Gasteiger partial charge is 0.214 e. The lowest BCUT2D eigenvalue weighted by Gasteiger charge is -2.30. The molecule has 24 heavy (non-hydrogen) atoms. The predicted molar refractivity (Wildman–Crippen MR) is 96.7 cm³/mol. The van der Waals surface area contributed by atoms with Crippen molar-refractivity contribution in [2.75, 3.05) is 52.7 Å². The monoisotopic (exact) mass is 360 g/mol. The molecule has 0 amide bonds. The molecule has 0 bridgehead atoms. The quantitative estimate of drug-likeness (QED) is 0.494. The van der Waals surface area contributed by atoms with Gasteiger partial charge in [-0.25, -0.2) is 12.7 Å². The maximum Gasteiger partial charge on any atom is 0.214 e. The maximum atomic E-state index is 11.8. The van der Waals surface area contributed by atoms with Gasteiger partial charge in [0.1, 0.15) is 0 Å². The van der Waals surface area contributed by atoms with Crippen molar-refractivity contribution < 1.29 is 13.2 Å². The van der Waals surface area contributed by atoms with Crippen molar-refractivity contribution in [1.82, 2.24) is 14.9 Å². The average Bonchev–Trinajstić information content (AvgIpc) is 3.16. The maximum absolute atomic E-state index is 11.8. The van der Waals surface area contributed by atoms with E-state index < -0.39 is 10.0 Å². The molecule has 1 saturated heterocycles. The average molecular weight is 361 g/mol. The Labute approximate surface area is 146 Å². The SMILES string of the molecule is CN=C(NCCN1CCCS1(=O)=O)NCC1(CCOC)CCCC1. The van der Waals surface area contributed by atoms with E-state index in [4.69, 9.17) is 4.74 Å². The van der Waals surface area contributed by atoms with Gasteiger partial charge >= 0.3 is 0 Å². The fraction of sp³-hybridized carbons (Fsp3) is 0.938. The van der Waals surface area contributed by atoms with Gasteiger partial charge in [-0.3, -0.25) is 4.99 Å². The Hall–Kier alpha value is -0.860. The van der Waals surface area contributed by atoms with E-state index in [1.165, 1.54) is 25.7 Å². The molecule has 0 radical (unpaired) electrons. The molecule has 0 aromatic rings. The molecule has 0 aromatic heterocycles. The van der Waals surface area contributed by atoms with Gasteiger partial charge in [0.05, 0.1) is 5.75 Å². The van der Waals surface area contributed by atoms with Gasteiger partial charge in [-0.05, 0) is 31.1 Å². The molecule has 1 saturated carbocycles. The minimum Gasteiger partial charge on any atom is -0.385 e. The lowest BCUT2D eigenvalue weighted by atomic mass is 9.83. The summed E-state index contributed by atoms with van der Waals surface area (Å²) >= 11 is 0. The number of aliphatic imine (C=N–C) groups is 1. The molecule has 140 valence electrons. The third-order valence-corrected chi connectivity index (χ3v) is 7.17. The molecule has 2 rings (SSSR count). The van der Waals surface area contributed by atoms with Crippen LogP contribution < -0.4 is 10.6 Å². The lowest BCUT2D eigenvalue weighted by molar-refractivity contribution is 0.138. The van der Waals surface area contributed by atoms with Crippen LogP contribution in [0.1, 0.15) is 38.5 Å². The summed E-state index contributed by atoms with van der Waals surface area (Å²) in [4.78, 5) is 4.26. The molecule has 1 aliphatic carbocycles. The number of nitrogens with one attached hydrogen (secondary N) is 2. The molecular weight excluding hydrogens is 328 g/mol. The van der Waals surface area contributed by atoms with E-state index in [0.29, 0.717) is 25.0 Å². The third-order valence-electron chi connectivity index (χ3n) is 5.21. The molecule has 0 aromatic carbocycles. The molecule has 0 atom stereocenters. The van der Waals surface area contributed by atoms with Crippen LogP contribution in [0.4, 0.5) is 0 Å². The summed E-state index contributed by atoms with van der Waals surface area (Å²) in [5.41, 5.74) is 0.298. The lowest BCUT2D eigenvalue weighted by Crippen LogP contribution is -2.45. The van der Waals surface area contributed by atoms with E-state index >= 15 is 0 Å². The van der Waals surface area contributed by atoms with Crippen molar-refractivity contribution in [2.45, 2.75) is 38.5 Å². The highest BCUT2D eigenvalue weighted by Gasteiger charge is 2.33. The van der Waals surface area contributed by atoms with Gasteiger partial charge in [-0.15, -0.1) is 0 Å². The van der Waals surface area contributed by atoms with E-state index in [9.17, 15) is 8.42 Å². The summed E-state index contributed by atoms with van der Waals surface area (Å²) in [7, 11) is 0.483. The van der Waals surface area contributed by atoms with Crippen LogP contribution in [0.25, 0.3) is 0 Å². The Morgan fingerprint density at radius 2 is 2.00 bits per heavy atom. The number of hydrogen-bond donors (Lipinski definition) is 2. The second-order valence-electron chi connectivity index (χ2n) is 6.87. The van der Waals surface area contributed by atoms with Crippen LogP contribution in [-0.4, -0.2) is 71.4 Å². The molecule has 8 heteroatoms. The minimum absolute atomic E-state index is 0.280. The third kappa shape index (κ3) is 5.32. The Morgan fingerprint density at radius 3 is 2.58 bits per heavy atom.